The third-order valence-electron chi connectivity index (χ3n) is 5.55. The Kier molecular flexibility index (Phi) is 6.57. The largest absolute Gasteiger partial charge is 0.507 e. The van der Waals surface area contributed by atoms with Crippen molar-refractivity contribution in [2.24, 2.45) is 21.7 Å². The van der Waals surface area contributed by atoms with Crippen LogP contribution in [0.25, 0.3) is 0 Å². The number of ether oxygens (including phenoxy) is 2. The number of phenolic OH excluding ortho intramolecular Hbond substituents is 1. The molecule has 1 atom stereocenters. The maximum atomic E-state index is 13.2. The summed E-state index contributed by atoms with van der Waals surface area (Å²) in [7, 11) is 0. The number of carbonyl (C=O) groups excluding carboxylic acids is 1. The number of carbonyl (C=O) groups is 1. The minimum absolute atomic E-state index is 0.0565. The third kappa shape index (κ3) is 4.47. The average molecular weight is 479 g/mol. The minimum Gasteiger partial charge on any atom is -0.507 e. The fraction of sp³-hybridized carbons (Fsp3) is 0.318. The summed E-state index contributed by atoms with van der Waals surface area (Å²) in [4.78, 5) is 13.2. The minimum atomic E-state index is -1.27. The number of nitrogens with zero attached hydrogens (tertiary/aromatic N) is 2. The lowest BCUT2D eigenvalue weighted by Crippen LogP contribution is -2.47. The molecule has 2 aromatic carbocycles. The van der Waals surface area contributed by atoms with Crippen molar-refractivity contribution < 1.29 is 19.4 Å². The highest BCUT2D eigenvalue weighted by Crippen LogP contribution is 2.44. The van der Waals surface area contributed by atoms with E-state index in [0.29, 0.717) is 34.7 Å². The summed E-state index contributed by atoms with van der Waals surface area (Å²) < 4.78 is 11.8. The van der Waals surface area contributed by atoms with Crippen LogP contribution in [0.15, 0.2) is 22.3 Å². The lowest BCUT2D eigenvalue weighted by atomic mass is 9.87. The predicted molar refractivity (Wildman–Crippen MR) is 125 cm³/mol. The van der Waals surface area contributed by atoms with Gasteiger partial charge >= 0.3 is 5.97 Å². The number of esters is 1. The van der Waals surface area contributed by atoms with Crippen LogP contribution in [0.3, 0.4) is 0 Å². The molecule has 10 heteroatoms. The number of aromatic hydroxyl groups is 1. The van der Waals surface area contributed by atoms with E-state index in [1.807, 2.05) is 13.8 Å². The van der Waals surface area contributed by atoms with Gasteiger partial charge in [-0.1, -0.05) is 23.2 Å². The molecule has 0 aromatic heterocycles. The van der Waals surface area contributed by atoms with E-state index < -0.39 is 11.6 Å². The average Bonchev–Trinajstić information content (AvgIpc) is 2.72. The van der Waals surface area contributed by atoms with Gasteiger partial charge in [-0.3, -0.25) is 0 Å². The molecule has 170 valence electrons. The molecule has 1 aliphatic heterocycles. The van der Waals surface area contributed by atoms with Crippen molar-refractivity contribution in [3.8, 4) is 17.2 Å². The topological polar surface area (TPSA) is 133 Å². The van der Waals surface area contributed by atoms with Crippen LogP contribution in [0.5, 0.6) is 17.2 Å². The second kappa shape index (κ2) is 8.88. The maximum Gasteiger partial charge on any atom is 0.355 e. The van der Waals surface area contributed by atoms with Crippen molar-refractivity contribution in [2.45, 2.75) is 46.1 Å². The SMILES string of the molecule is Cc1c(C)c2c(c(C)c1O)CCC(C)(C(=O)Oc1c(Cl)cc(Cl)cc1/C=N/N=C(N)N)O2. The van der Waals surface area contributed by atoms with Crippen LogP contribution in [0.2, 0.25) is 10.0 Å². The summed E-state index contributed by atoms with van der Waals surface area (Å²) in [5.41, 5.74) is 12.7. The second-order valence-electron chi connectivity index (χ2n) is 7.83. The van der Waals surface area contributed by atoms with Crippen LogP contribution >= 0.6 is 23.2 Å². The standard InChI is InChI=1S/C22H24Cl2N4O4/c1-10-11(2)18-15(12(3)17(10)29)5-6-22(4,32-18)20(30)31-19-13(9-27-28-21(25)26)7-14(23)8-16(19)24/h7-9,29H,5-6H2,1-4H3,(H4,25,26,28)/b27-9+. The number of rotatable bonds is 4. The van der Waals surface area contributed by atoms with Gasteiger partial charge in [0.15, 0.2) is 5.75 Å². The summed E-state index contributed by atoms with van der Waals surface area (Å²) in [6, 6.07) is 2.96. The normalized spacial score (nSPS) is 17.6. The molecule has 0 fully saturated rings. The van der Waals surface area contributed by atoms with E-state index in [4.69, 9.17) is 44.1 Å². The Morgan fingerprint density at radius 1 is 1.22 bits per heavy atom. The Balaban J connectivity index is 1.95. The second-order valence-corrected chi connectivity index (χ2v) is 8.67. The molecule has 0 radical (unpaired) electrons. The van der Waals surface area contributed by atoms with Crippen molar-refractivity contribution in [3.05, 3.63) is 50.0 Å². The Morgan fingerprint density at radius 2 is 1.91 bits per heavy atom. The molecule has 0 amide bonds. The lowest BCUT2D eigenvalue weighted by Gasteiger charge is -2.36. The molecule has 1 unspecified atom stereocenters. The molecular formula is C22H24Cl2N4O4. The number of guanidine groups is 1. The van der Waals surface area contributed by atoms with E-state index in [-0.39, 0.29) is 22.5 Å². The van der Waals surface area contributed by atoms with Gasteiger partial charge in [-0.25, -0.2) is 4.79 Å². The van der Waals surface area contributed by atoms with E-state index in [9.17, 15) is 9.90 Å². The quantitative estimate of drug-likeness (QED) is 0.200. The summed E-state index contributed by atoms with van der Waals surface area (Å²) in [6.45, 7) is 7.15. The van der Waals surface area contributed by atoms with E-state index in [1.54, 1.807) is 13.8 Å². The van der Waals surface area contributed by atoms with Gasteiger partial charge in [0, 0.05) is 22.6 Å². The monoisotopic (exact) mass is 478 g/mol. The fourth-order valence-corrected chi connectivity index (χ4v) is 4.08. The van der Waals surface area contributed by atoms with Crippen LogP contribution in [0.1, 0.15) is 41.2 Å². The maximum absolute atomic E-state index is 13.2. The molecule has 0 saturated heterocycles. The van der Waals surface area contributed by atoms with E-state index in [0.717, 1.165) is 16.7 Å². The third-order valence-corrected chi connectivity index (χ3v) is 6.05. The van der Waals surface area contributed by atoms with Crippen molar-refractivity contribution in [3.63, 3.8) is 0 Å². The molecule has 8 nitrogen and oxygen atoms in total. The highest BCUT2D eigenvalue weighted by atomic mass is 35.5. The van der Waals surface area contributed by atoms with Crippen molar-refractivity contribution in [1.29, 1.82) is 0 Å². The predicted octanol–water partition coefficient (Wildman–Crippen LogP) is 3.92. The molecule has 3 rings (SSSR count). The molecule has 1 aliphatic rings. The van der Waals surface area contributed by atoms with Gasteiger partial charge < -0.3 is 26.0 Å². The summed E-state index contributed by atoms with van der Waals surface area (Å²) >= 11 is 12.4. The van der Waals surface area contributed by atoms with Crippen LogP contribution in [0.4, 0.5) is 0 Å². The van der Waals surface area contributed by atoms with Gasteiger partial charge in [0.2, 0.25) is 11.6 Å². The zero-order valence-electron chi connectivity index (χ0n) is 18.1. The van der Waals surface area contributed by atoms with Crippen LogP contribution in [0, 0.1) is 20.8 Å². The molecule has 0 spiro atoms. The number of halogens is 2. The Labute approximate surface area is 195 Å². The molecule has 0 bridgehead atoms. The first-order chi connectivity index (χ1) is 14.9. The van der Waals surface area contributed by atoms with E-state index in [1.165, 1.54) is 18.3 Å². The number of hydrogen-bond acceptors (Lipinski definition) is 6. The van der Waals surface area contributed by atoms with Gasteiger partial charge in [0.25, 0.3) is 0 Å². The highest BCUT2D eigenvalue weighted by Gasteiger charge is 2.43. The zero-order valence-corrected chi connectivity index (χ0v) is 19.6. The number of fused-ring (bicyclic) bond motifs is 1. The van der Waals surface area contributed by atoms with Crippen LogP contribution in [-0.4, -0.2) is 28.9 Å². The van der Waals surface area contributed by atoms with Crippen LogP contribution < -0.4 is 20.9 Å². The molecule has 32 heavy (non-hydrogen) atoms. The van der Waals surface area contributed by atoms with E-state index >= 15 is 0 Å². The molecule has 0 aliphatic carbocycles. The molecule has 5 N–H and O–H groups in total. The Hall–Kier alpha value is -2.97. The number of hydrogen-bond donors (Lipinski definition) is 3. The summed E-state index contributed by atoms with van der Waals surface area (Å²) in [5, 5.41) is 18.1. The van der Waals surface area contributed by atoms with Gasteiger partial charge in [-0.2, -0.15) is 5.10 Å². The molecular weight excluding hydrogens is 455 g/mol. The first-order valence-corrected chi connectivity index (χ1v) is 10.5. The zero-order chi connectivity index (χ0) is 23.8. The lowest BCUT2D eigenvalue weighted by molar-refractivity contribution is -0.152. The Morgan fingerprint density at radius 3 is 2.56 bits per heavy atom. The first-order valence-electron chi connectivity index (χ1n) is 9.78. The van der Waals surface area contributed by atoms with Crippen molar-refractivity contribution in [2.75, 3.05) is 0 Å². The molecule has 1 heterocycles. The van der Waals surface area contributed by atoms with Gasteiger partial charge in [-0.05, 0) is 62.9 Å². The molecule has 0 saturated carbocycles. The van der Waals surface area contributed by atoms with Crippen molar-refractivity contribution in [1.82, 2.24) is 0 Å². The van der Waals surface area contributed by atoms with Gasteiger partial charge in [0.05, 0.1) is 11.2 Å². The van der Waals surface area contributed by atoms with Gasteiger partial charge in [0.1, 0.15) is 11.5 Å². The smallest absolute Gasteiger partial charge is 0.355 e. The number of nitrogens with two attached hydrogens (primary N) is 2. The Bertz CT molecular complexity index is 1160. The molecule has 2 aromatic rings. The number of benzene rings is 2. The summed E-state index contributed by atoms with van der Waals surface area (Å²) in [5.74, 6) is 0.0169. The fourth-order valence-electron chi connectivity index (χ4n) is 3.53. The number of phenols is 1. The van der Waals surface area contributed by atoms with Crippen LogP contribution in [-0.2, 0) is 11.2 Å². The van der Waals surface area contributed by atoms with Gasteiger partial charge in [-0.15, -0.1) is 5.10 Å². The highest BCUT2D eigenvalue weighted by molar-refractivity contribution is 6.36. The summed E-state index contributed by atoms with van der Waals surface area (Å²) in [6.07, 6.45) is 2.16. The van der Waals surface area contributed by atoms with E-state index in [2.05, 4.69) is 10.2 Å². The first kappa shape index (κ1) is 23.7. The van der Waals surface area contributed by atoms with Crippen molar-refractivity contribution >= 4 is 41.3 Å².